The number of carboxylic acids is 2. The Hall–Kier alpha value is -0.950. The maximum Gasteiger partial charge on any atom is 0.466 e. The van der Waals surface area contributed by atoms with Crippen LogP contribution in [0.25, 0.3) is 0 Å². The summed E-state index contributed by atoms with van der Waals surface area (Å²) in [5.41, 5.74) is 0. The van der Waals surface area contributed by atoms with E-state index in [2.05, 4.69) is 0 Å². The number of hydrogen-bond acceptors (Lipinski definition) is 3. The zero-order valence-electron chi connectivity index (χ0n) is 6.32. The van der Waals surface area contributed by atoms with Crippen LogP contribution in [0.2, 0.25) is 0 Å². The van der Waals surface area contributed by atoms with E-state index < -0.39 is 19.8 Å². The molecule has 0 fully saturated rings. The lowest BCUT2D eigenvalue weighted by Crippen LogP contribution is -2.00. The molecule has 0 aromatic rings. The summed E-state index contributed by atoms with van der Waals surface area (Å²) in [4.78, 5) is 40.8. The summed E-state index contributed by atoms with van der Waals surface area (Å²) in [5, 5.41) is 15.8. The van der Waals surface area contributed by atoms with Crippen LogP contribution in [0.1, 0.15) is 12.8 Å². The van der Waals surface area contributed by atoms with Crippen molar-refractivity contribution in [2.45, 2.75) is 12.8 Å². The first kappa shape index (κ1) is 14.6. The second-order valence-corrected chi connectivity index (χ2v) is 2.83. The second kappa shape index (κ2) is 6.55. The van der Waals surface area contributed by atoms with Crippen molar-refractivity contribution in [1.82, 2.24) is 0 Å². The van der Waals surface area contributed by atoms with Crippen molar-refractivity contribution in [1.29, 1.82) is 0 Å². The van der Waals surface area contributed by atoms with E-state index in [0.717, 1.165) is 0 Å². The van der Waals surface area contributed by atoms with Crippen LogP contribution in [0, 0.1) is 0 Å². The first-order chi connectivity index (χ1) is 5.63. The van der Waals surface area contributed by atoms with Gasteiger partial charge in [0.25, 0.3) is 0 Å². The van der Waals surface area contributed by atoms with Gasteiger partial charge in [-0.15, -0.1) is 0 Å². The van der Waals surface area contributed by atoms with Gasteiger partial charge in [-0.05, 0) is 0 Å². The van der Waals surface area contributed by atoms with Crippen molar-refractivity contribution in [3.8, 4) is 0 Å². The van der Waals surface area contributed by atoms with Crippen LogP contribution in [0.5, 0.6) is 0 Å². The van der Waals surface area contributed by atoms with Crippen LogP contribution >= 0.6 is 7.82 Å². The second-order valence-electron chi connectivity index (χ2n) is 1.80. The highest BCUT2D eigenvalue weighted by molar-refractivity contribution is 7.45. The summed E-state index contributed by atoms with van der Waals surface area (Å²) in [6, 6.07) is 0. The van der Waals surface area contributed by atoms with E-state index in [1.54, 1.807) is 0 Å². The Kier molecular flexibility index (Phi) is 7.34. The first-order valence-corrected chi connectivity index (χ1v) is 4.41. The van der Waals surface area contributed by atoms with Crippen molar-refractivity contribution in [2.24, 2.45) is 0 Å². The number of phosphoric acid groups is 1. The molecule has 0 radical (unpaired) electrons. The molecule has 8 nitrogen and oxygen atoms in total. The minimum atomic E-state index is -4.64. The molecule has 5 N–H and O–H groups in total. The van der Waals surface area contributed by atoms with Crippen molar-refractivity contribution in [3.05, 3.63) is 0 Å². The Morgan fingerprint density at radius 1 is 0.923 bits per heavy atom. The molecule has 0 aliphatic carbocycles. The van der Waals surface area contributed by atoms with Gasteiger partial charge in [-0.25, -0.2) is 4.57 Å². The number of aliphatic carboxylic acids is 2. The number of carbonyl (C=O) groups is 2. The van der Waals surface area contributed by atoms with E-state index in [0.29, 0.717) is 0 Å². The summed E-state index contributed by atoms with van der Waals surface area (Å²) in [6.07, 6.45) is -0.593. The highest BCUT2D eigenvalue weighted by atomic mass is 31.2. The molecule has 0 aliphatic heterocycles. The number of hydrogen-bond donors (Lipinski definition) is 5. The Morgan fingerprint density at radius 2 is 1.08 bits per heavy atom. The van der Waals surface area contributed by atoms with Crippen LogP contribution < -0.4 is 0 Å². The van der Waals surface area contributed by atoms with Crippen LogP contribution in [0.3, 0.4) is 0 Å². The predicted molar refractivity (Wildman–Crippen MR) is 38.8 cm³/mol. The fourth-order valence-electron chi connectivity index (χ4n) is 0.214. The van der Waals surface area contributed by atoms with Gasteiger partial charge in [0.15, 0.2) is 0 Å². The van der Waals surface area contributed by atoms with Crippen LogP contribution in [-0.4, -0.2) is 36.8 Å². The minimum absolute atomic E-state index is 0.296. The lowest BCUT2D eigenvalue weighted by molar-refractivity contribution is -0.143. The van der Waals surface area contributed by atoms with Gasteiger partial charge in [-0.2, -0.15) is 0 Å². The van der Waals surface area contributed by atoms with Crippen LogP contribution in [0.15, 0.2) is 0 Å². The van der Waals surface area contributed by atoms with Crippen molar-refractivity contribution >= 4 is 19.8 Å². The highest BCUT2D eigenvalue weighted by Gasteiger charge is 2.00. The molecule has 0 saturated carbocycles. The fraction of sp³-hybridized carbons (Fsp3) is 0.500. The van der Waals surface area contributed by atoms with Gasteiger partial charge in [-0.1, -0.05) is 0 Å². The molecule has 0 aromatic carbocycles. The van der Waals surface area contributed by atoms with E-state index in [1.165, 1.54) is 0 Å². The standard InChI is InChI=1S/C4H6O4.H3O4P/c5-3(6)1-2-4(7)8;1-5(2,3)4/h1-2H2,(H,5,6)(H,7,8);(H3,1,2,3,4). The van der Waals surface area contributed by atoms with Crippen molar-refractivity contribution in [2.75, 3.05) is 0 Å². The van der Waals surface area contributed by atoms with E-state index in [4.69, 9.17) is 29.5 Å². The molecular formula is C4H9O8P. The third-order valence-corrected chi connectivity index (χ3v) is 0.553. The summed E-state index contributed by atoms with van der Waals surface area (Å²) in [5.74, 6) is -2.15. The van der Waals surface area contributed by atoms with Gasteiger partial charge in [0, 0.05) is 0 Å². The maximum atomic E-state index is 9.64. The fourth-order valence-corrected chi connectivity index (χ4v) is 0.214. The Balaban J connectivity index is 0. The highest BCUT2D eigenvalue weighted by Crippen LogP contribution is 2.25. The average molecular weight is 216 g/mol. The molecule has 0 spiro atoms. The van der Waals surface area contributed by atoms with Gasteiger partial charge < -0.3 is 24.9 Å². The molecule has 0 saturated heterocycles. The van der Waals surface area contributed by atoms with E-state index in [-0.39, 0.29) is 12.8 Å². The molecule has 78 valence electrons. The topological polar surface area (TPSA) is 152 Å². The third kappa shape index (κ3) is 55.2. The summed E-state index contributed by atoms with van der Waals surface area (Å²) >= 11 is 0. The molecule has 9 heteroatoms. The van der Waals surface area contributed by atoms with E-state index >= 15 is 0 Å². The normalized spacial score (nSPS) is 9.77. The first-order valence-electron chi connectivity index (χ1n) is 2.85. The zero-order valence-corrected chi connectivity index (χ0v) is 7.22. The van der Waals surface area contributed by atoms with Crippen molar-refractivity contribution in [3.63, 3.8) is 0 Å². The number of carboxylic acid groups (broad SMARTS) is 2. The summed E-state index contributed by atoms with van der Waals surface area (Å²) in [7, 11) is -4.64. The molecule has 0 aliphatic rings. The van der Waals surface area contributed by atoms with E-state index in [9.17, 15) is 9.59 Å². The largest absolute Gasteiger partial charge is 0.481 e. The number of rotatable bonds is 3. The monoisotopic (exact) mass is 216 g/mol. The Bertz CT molecular complexity index is 194. The van der Waals surface area contributed by atoms with Gasteiger partial charge in [0.1, 0.15) is 0 Å². The summed E-state index contributed by atoms with van der Waals surface area (Å²) < 4.78 is 8.88. The minimum Gasteiger partial charge on any atom is -0.481 e. The lowest BCUT2D eigenvalue weighted by atomic mass is 10.3. The van der Waals surface area contributed by atoms with Crippen LogP contribution in [0.4, 0.5) is 0 Å². The van der Waals surface area contributed by atoms with Crippen LogP contribution in [-0.2, 0) is 14.2 Å². The van der Waals surface area contributed by atoms with Gasteiger partial charge in [0.2, 0.25) is 0 Å². The Labute approximate surface area is 72.7 Å². The van der Waals surface area contributed by atoms with Gasteiger partial charge in [-0.3, -0.25) is 9.59 Å². The SMILES string of the molecule is O=C(O)CCC(=O)O.O=P(O)(O)O. The quantitative estimate of drug-likeness (QED) is 0.377. The smallest absolute Gasteiger partial charge is 0.466 e. The lowest BCUT2D eigenvalue weighted by Gasteiger charge is -1.85. The molecular weight excluding hydrogens is 207 g/mol. The molecule has 13 heavy (non-hydrogen) atoms. The zero-order chi connectivity index (χ0) is 11.1. The molecule has 0 aromatic heterocycles. The molecule has 0 rings (SSSR count). The predicted octanol–water partition coefficient (Wildman–Crippen LogP) is -0.993. The van der Waals surface area contributed by atoms with Crippen molar-refractivity contribution < 1.29 is 39.0 Å². The van der Waals surface area contributed by atoms with Gasteiger partial charge in [0.05, 0.1) is 12.8 Å². The van der Waals surface area contributed by atoms with E-state index in [1.807, 2.05) is 0 Å². The molecule has 0 heterocycles. The summed E-state index contributed by atoms with van der Waals surface area (Å²) in [6.45, 7) is 0. The molecule has 0 atom stereocenters. The maximum absolute atomic E-state index is 9.64. The molecule has 0 amide bonds. The molecule has 0 unspecified atom stereocenters. The third-order valence-electron chi connectivity index (χ3n) is 0.553. The molecule has 0 bridgehead atoms. The average Bonchev–Trinajstić information content (AvgIpc) is 1.79. The van der Waals surface area contributed by atoms with Gasteiger partial charge >= 0.3 is 19.8 Å². The Morgan fingerprint density at radius 3 is 1.15 bits per heavy atom.